The molecule has 0 radical (unpaired) electrons. The molecule has 69 heavy (non-hydrogen) atoms. The summed E-state index contributed by atoms with van der Waals surface area (Å²) >= 11 is 0. The summed E-state index contributed by atoms with van der Waals surface area (Å²) in [5.74, 6) is -0.124. The van der Waals surface area contributed by atoms with Gasteiger partial charge in [0.05, 0.1) is 40.3 Å². The number of nitrogens with zero attached hydrogens (tertiary/aromatic N) is 5. The number of aromatic nitrogens is 2. The SMILES string of the molecule is CC(C)c1ccc(F)cc1[C@@H]1CCCN1C1CC2(CCN(c3ccc(C(=O)NS(=O)(=O)c4ccc(NCC5CCOCC5)c([N+](=O)[O-])c4)c(N4c5cc6cc[nH]c6nc5O[C@@H]5COC[C@H]54)c3)CC2)C1. The maximum absolute atomic E-state index is 14.6. The average Bonchev–Trinajstić information content (AvgIpc) is 4.13. The highest BCUT2D eigenvalue weighted by Gasteiger charge is 2.50. The molecule has 6 aliphatic rings. The van der Waals surface area contributed by atoms with Crippen molar-refractivity contribution in [1.82, 2.24) is 19.6 Å². The van der Waals surface area contributed by atoms with E-state index in [2.05, 4.69) is 38.7 Å². The number of fused-ring (bicyclic) bond motifs is 3. The zero-order valence-electron chi connectivity index (χ0n) is 39.0. The van der Waals surface area contributed by atoms with E-state index in [1.807, 2.05) is 35.2 Å². The number of nitro groups is 1. The minimum Gasteiger partial charge on any atom is -0.468 e. The fourth-order valence-electron chi connectivity index (χ4n) is 12.0. The maximum atomic E-state index is 14.6. The molecule has 5 aromatic rings. The molecule has 5 aliphatic heterocycles. The van der Waals surface area contributed by atoms with Crippen LogP contribution in [0.3, 0.4) is 0 Å². The molecular formula is C51H59FN8O8S. The fourth-order valence-corrected chi connectivity index (χ4v) is 13.0. The second-order valence-corrected chi connectivity index (χ2v) is 21.9. The summed E-state index contributed by atoms with van der Waals surface area (Å²) in [4.78, 5) is 40.8. The number of rotatable bonds is 12. The highest BCUT2D eigenvalue weighted by Crippen LogP contribution is 2.55. The molecule has 2 aromatic heterocycles. The Labute approximate surface area is 401 Å². The number of aromatic amines is 1. The highest BCUT2D eigenvalue weighted by atomic mass is 32.2. The molecule has 4 saturated heterocycles. The van der Waals surface area contributed by atoms with E-state index in [-0.39, 0.29) is 40.5 Å². The van der Waals surface area contributed by atoms with E-state index in [9.17, 15) is 27.7 Å². The number of piperidine rings is 1. The molecule has 5 fully saturated rings. The van der Waals surface area contributed by atoms with Gasteiger partial charge in [0.1, 0.15) is 28.9 Å². The molecule has 11 rings (SSSR count). The summed E-state index contributed by atoms with van der Waals surface area (Å²) in [7, 11) is -4.60. The third-order valence-electron chi connectivity index (χ3n) is 15.8. The van der Waals surface area contributed by atoms with E-state index in [1.165, 1.54) is 17.7 Å². The van der Waals surface area contributed by atoms with Crippen LogP contribution in [0.25, 0.3) is 11.0 Å². The number of nitro benzene ring substituents is 1. The van der Waals surface area contributed by atoms with Gasteiger partial charge in [0, 0.05) is 68.3 Å². The van der Waals surface area contributed by atoms with E-state index in [1.54, 1.807) is 24.4 Å². The normalized spacial score (nSPS) is 22.9. The molecule has 1 spiro atoms. The third kappa shape index (κ3) is 8.67. The number of pyridine rings is 1. The molecule has 3 N–H and O–H groups in total. The van der Waals surface area contributed by atoms with Crippen molar-refractivity contribution in [3.05, 3.63) is 106 Å². The van der Waals surface area contributed by atoms with Gasteiger partial charge in [0.2, 0.25) is 5.88 Å². The Bertz CT molecular complexity index is 2890. The molecule has 0 unspecified atom stereocenters. The van der Waals surface area contributed by atoms with Gasteiger partial charge in [0.15, 0.2) is 0 Å². The Morgan fingerprint density at radius 1 is 0.971 bits per heavy atom. The van der Waals surface area contributed by atoms with Gasteiger partial charge in [-0.3, -0.25) is 19.8 Å². The van der Waals surface area contributed by atoms with Crippen molar-refractivity contribution in [3.63, 3.8) is 0 Å². The monoisotopic (exact) mass is 962 g/mol. The lowest BCUT2D eigenvalue weighted by Crippen LogP contribution is -2.55. The standard InChI is InChI=1S/C51H59FN8O8S/c1-31(2)38-8-5-34(52)23-40(38)42-4-3-17-58(42)36-26-51(27-36)14-18-57(19-15-51)35-6-9-39(43(24-35)59-45-22-33-11-16-53-48(33)55-50(45)68-47-30-67-29-46(47)59)49(61)56-69(64,65)37-7-10-41(44(25-37)60(62)63)54-28-32-12-20-66-21-13-32/h5-11,16,22-25,31-32,36,42,46-47,54H,3-4,12-15,17-21,26-30H2,1-2H3,(H,53,55)(H,56,61)/t42-,46+,47+/m0/s1. The second kappa shape index (κ2) is 18.2. The number of amides is 1. The topological polar surface area (TPSA) is 184 Å². The van der Waals surface area contributed by atoms with Crippen LogP contribution in [0, 0.1) is 27.3 Å². The van der Waals surface area contributed by atoms with Crippen LogP contribution < -0.4 is 24.6 Å². The number of benzene rings is 3. The predicted octanol–water partition coefficient (Wildman–Crippen LogP) is 8.57. The van der Waals surface area contributed by atoms with Gasteiger partial charge in [-0.2, -0.15) is 4.98 Å². The molecule has 7 heterocycles. The number of H-pyrrole nitrogens is 1. The van der Waals surface area contributed by atoms with Gasteiger partial charge in [-0.15, -0.1) is 0 Å². The van der Waals surface area contributed by atoms with E-state index < -0.39 is 37.5 Å². The Morgan fingerprint density at radius 2 is 1.78 bits per heavy atom. The predicted molar refractivity (Wildman–Crippen MR) is 260 cm³/mol. The van der Waals surface area contributed by atoms with Crippen LogP contribution >= 0.6 is 0 Å². The van der Waals surface area contributed by atoms with Gasteiger partial charge in [-0.25, -0.2) is 17.5 Å². The minimum atomic E-state index is -4.60. The first-order valence-electron chi connectivity index (χ1n) is 24.5. The van der Waals surface area contributed by atoms with E-state index in [0.29, 0.717) is 67.8 Å². The van der Waals surface area contributed by atoms with Gasteiger partial charge in [0.25, 0.3) is 21.6 Å². The molecule has 1 saturated carbocycles. The molecule has 1 aliphatic carbocycles. The zero-order valence-corrected chi connectivity index (χ0v) is 39.8. The first-order valence-corrected chi connectivity index (χ1v) is 25.9. The van der Waals surface area contributed by atoms with Crippen LogP contribution in [-0.2, 0) is 19.5 Å². The van der Waals surface area contributed by atoms with Crippen LogP contribution in [0.1, 0.15) is 98.7 Å². The average molecular weight is 963 g/mol. The van der Waals surface area contributed by atoms with Gasteiger partial charge in [-0.1, -0.05) is 19.9 Å². The van der Waals surface area contributed by atoms with Crippen LogP contribution in [0.4, 0.5) is 32.8 Å². The Kier molecular flexibility index (Phi) is 12.0. The summed E-state index contributed by atoms with van der Waals surface area (Å²) in [6.45, 7) is 9.31. The number of anilines is 4. The Balaban J connectivity index is 0.864. The number of ether oxygens (including phenoxy) is 3. The second-order valence-electron chi connectivity index (χ2n) is 20.2. The number of sulfonamides is 1. The summed E-state index contributed by atoms with van der Waals surface area (Å²) in [6, 6.07) is 18.6. The molecule has 18 heteroatoms. The number of hydrogen-bond acceptors (Lipinski definition) is 13. The van der Waals surface area contributed by atoms with Crippen molar-refractivity contribution >= 4 is 55.4 Å². The summed E-state index contributed by atoms with van der Waals surface area (Å²) < 4.78 is 62.9. The van der Waals surface area contributed by atoms with E-state index >= 15 is 0 Å². The fraction of sp³-hybridized carbons (Fsp3) is 0.490. The molecule has 364 valence electrons. The number of likely N-dealkylation sites (tertiary alicyclic amines) is 1. The summed E-state index contributed by atoms with van der Waals surface area (Å²) in [5.41, 5.74) is 5.07. The van der Waals surface area contributed by atoms with Crippen LogP contribution in [0.2, 0.25) is 0 Å². The lowest BCUT2D eigenvalue weighted by atomic mass is 9.59. The Hall–Kier alpha value is -5.82. The molecule has 3 atom stereocenters. The van der Waals surface area contributed by atoms with Gasteiger partial charge in [-0.05, 0) is 141 Å². The maximum Gasteiger partial charge on any atom is 0.293 e. The highest BCUT2D eigenvalue weighted by molar-refractivity contribution is 7.90. The van der Waals surface area contributed by atoms with Crippen LogP contribution in [0.5, 0.6) is 5.88 Å². The third-order valence-corrected chi connectivity index (χ3v) is 17.1. The quantitative estimate of drug-likeness (QED) is 0.0799. The lowest BCUT2D eigenvalue weighted by molar-refractivity contribution is -0.384. The first kappa shape index (κ1) is 45.6. The molecule has 1 amide bonds. The number of hydrogen-bond donors (Lipinski definition) is 3. The summed E-state index contributed by atoms with van der Waals surface area (Å²) in [5, 5.41) is 16.2. The smallest absolute Gasteiger partial charge is 0.293 e. The molecule has 3 aromatic carbocycles. The minimum absolute atomic E-state index is 0.0913. The number of carbonyl (C=O) groups is 1. The summed E-state index contributed by atoms with van der Waals surface area (Å²) in [6.07, 6.45) is 9.37. The number of carbonyl (C=O) groups excluding carboxylic acids is 1. The van der Waals surface area contributed by atoms with Crippen molar-refractivity contribution < 1.29 is 36.7 Å². The van der Waals surface area contributed by atoms with Crippen LogP contribution in [-0.4, -0.2) is 105 Å². The van der Waals surface area contributed by atoms with Crippen molar-refractivity contribution in [2.75, 3.05) is 67.7 Å². The number of nitrogens with one attached hydrogen (secondary N) is 3. The van der Waals surface area contributed by atoms with E-state index in [4.69, 9.17) is 19.2 Å². The van der Waals surface area contributed by atoms with Crippen molar-refractivity contribution in [3.8, 4) is 5.88 Å². The molecular weight excluding hydrogens is 904 g/mol. The molecule has 0 bridgehead atoms. The zero-order chi connectivity index (χ0) is 47.6. The first-order chi connectivity index (χ1) is 33.3. The van der Waals surface area contributed by atoms with Crippen molar-refractivity contribution in [1.29, 1.82) is 0 Å². The number of halogens is 1. The van der Waals surface area contributed by atoms with Crippen LogP contribution in [0.15, 0.2) is 77.8 Å². The van der Waals surface area contributed by atoms with Gasteiger partial charge >= 0.3 is 0 Å². The van der Waals surface area contributed by atoms with Gasteiger partial charge < -0.3 is 34.3 Å². The van der Waals surface area contributed by atoms with Crippen molar-refractivity contribution in [2.45, 2.75) is 100 Å². The van der Waals surface area contributed by atoms with E-state index in [0.717, 1.165) is 93.7 Å². The molecule has 16 nitrogen and oxygen atoms in total. The lowest BCUT2D eigenvalue weighted by Gasteiger charge is -2.56. The largest absolute Gasteiger partial charge is 0.468 e. The van der Waals surface area contributed by atoms with Crippen molar-refractivity contribution in [2.24, 2.45) is 11.3 Å². The Morgan fingerprint density at radius 3 is 2.57 bits per heavy atom.